The largest absolute Gasteiger partial charge is 0.540 e. The molecule has 1 aromatic rings. The van der Waals surface area contributed by atoms with Crippen LogP contribution in [0.5, 0.6) is 0 Å². The van der Waals surface area contributed by atoms with E-state index >= 15 is 0 Å². The quantitative estimate of drug-likeness (QED) is 0.265. The first-order valence-corrected chi connectivity index (χ1v) is 12.0. The summed E-state index contributed by atoms with van der Waals surface area (Å²) in [5.74, 6) is -52.5. The molecule has 0 unspecified atom stereocenters. The molecule has 0 spiro atoms. The summed E-state index contributed by atoms with van der Waals surface area (Å²) in [4.78, 5) is 0. The van der Waals surface area contributed by atoms with E-state index in [0.717, 1.165) is 0 Å². The average Bonchev–Trinajstić information content (AvgIpc) is 2.75. The predicted octanol–water partition coefficient (Wildman–Crippen LogP) is 4.19. The number of hydrogen-bond donors (Lipinski definition) is 0. The molecule has 0 heterocycles. The van der Waals surface area contributed by atoms with Gasteiger partial charge in [0.25, 0.3) is 0 Å². The molecule has 1 aromatic carbocycles. The van der Waals surface area contributed by atoms with E-state index in [9.17, 15) is 96.2 Å². The first-order valence-electron chi connectivity index (χ1n) is 8.65. The van der Waals surface area contributed by atoms with Gasteiger partial charge in [0.15, 0.2) is 0 Å². The molecular formula is C15H4F20IO3S+. The lowest BCUT2D eigenvalue weighted by molar-refractivity contribution is -0.838. The van der Waals surface area contributed by atoms with Crippen molar-refractivity contribution in [3.63, 3.8) is 0 Å². The van der Waals surface area contributed by atoms with Gasteiger partial charge < -0.3 is 0 Å². The highest BCUT2D eigenvalue weighted by Crippen LogP contribution is 2.64. The second-order valence-electron chi connectivity index (χ2n) is 7.06. The molecule has 0 fully saturated rings. The summed E-state index contributed by atoms with van der Waals surface area (Å²) in [6.45, 7) is 0. The van der Waals surface area contributed by atoms with Gasteiger partial charge in [0.1, 0.15) is 0 Å². The lowest BCUT2D eigenvalue weighted by Gasteiger charge is -2.42. The Hall–Kier alpha value is -1.54. The summed E-state index contributed by atoms with van der Waals surface area (Å²) in [6.07, 6.45) is -13.0. The molecule has 234 valence electrons. The van der Waals surface area contributed by atoms with Crippen molar-refractivity contribution in [3.05, 3.63) is 33.4 Å². The minimum Gasteiger partial charge on any atom is -0.192 e. The fraction of sp³-hybridized carbons (Fsp3) is 0.600. The molecule has 0 saturated carbocycles. The lowest BCUT2D eigenvalue weighted by Crippen LogP contribution is -3.62. The number of benzene rings is 1. The Bertz CT molecular complexity index is 1170. The molecule has 25 heteroatoms. The molecule has 0 N–H and O–H groups in total. The fourth-order valence-corrected chi connectivity index (χ4v) is 5.45. The third kappa shape index (κ3) is 5.36. The molecule has 0 saturated heterocycles. The summed E-state index contributed by atoms with van der Waals surface area (Å²) >= 11 is -3.26. The molecule has 0 bridgehead atoms. The smallest absolute Gasteiger partial charge is 0.192 e. The molecule has 0 aliphatic carbocycles. The second-order valence-corrected chi connectivity index (χ2v) is 11.4. The van der Waals surface area contributed by atoms with Crippen molar-refractivity contribution in [2.45, 2.75) is 53.1 Å². The van der Waals surface area contributed by atoms with Gasteiger partial charge in [-0.3, -0.25) is 0 Å². The van der Waals surface area contributed by atoms with Crippen LogP contribution in [0, 0.1) is 3.57 Å². The minimum atomic E-state index is -8.98. The zero-order chi connectivity index (χ0) is 32.4. The van der Waals surface area contributed by atoms with E-state index in [2.05, 4.69) is 2.51 Å². The summed E-state index contributed by atoms with van der Waals surface area (Å²) in [5.41, 5.74) is -1.48. The van der Waals surface area contributed by atoms with E-state index < -0.39 is 94.0 Å². The van der Waals surface area contributed by atoms with Crippen molar-refractivity contribution in [2.75, 3.05) is 0 Å². The molecule has 0 aliphatic rings. The fourth-order valence-electron chi connectivity index (χ4n) is 2.11. The lowest BCUT2D eigenvalue weighted by atomic mass is 9.91. The standard InChI is InChI=1S/C15H4F20IO3S/c16-7(17,18)5-1-3-6(4-2-5)36-39-40(37,38)15(34,35)13(29,30)11(25,26)9(21,22)8(19,20)10(23,24)12(27,28)14(31,32)33/h1-4H/q+1. The number of halogens is 21. The van der Waals surface area contributed by atoms with E-state index in [1.54, 1.807) is 0 Å². The van der Waals surface area contributed by atoms with Crippen LogP contribution < -0.4 is 21.6 Å². The van der Waals surface area contributed by atoms with Crippen LogP contribution in [-0.2, 0) is 18.8 Å². The van der Waals surface area contributed by atoms with E-state index in [0.29, 0.717) is 0 Å². The van der Waals surface area contributed by atoms with Crippen molar-refractivity contribution in [2.24, 2.45) is 0 Å². The van der Waals surface area contributed by atoms with Gasteiger partial charge in [-0.2, -0.15) is 96.2 Å². The van der Waals surface area contributed by atoms with Crippen LogP contribution in [0.25, 0.3) is 0 Å². The summed E-state index contributed by atoms with van der Waals surface area (Å²) in [6, 6.07) is 0.749. The SMILES string of the molecule is O=S(=O)(O[I+]c1ccc(C(F)(F)F)cc1)C(F)(F)C(F)(F)C(F)(F)C(F)(F)C(F)(F)C(F)(F)C(F)(F)C(F)(F)F. The van der Waals surface area contributed by atoms with Crippen LogP contribution in [0.2, 0.25) is 0 Å². The molecule has 0 aliphatic heterocycles. The van der Waals surface area contributed by atoms with Crippen LogP contribution in [0.15, 0.2) is 24.3 Å². The van der Waals surface area contributed by atoms with Gasteiger partial charge in [-0.15, -0.1) is 0 Å². The van der Waals surface area contributed by atoms with E-state index in [4.69, 9.17) is 0 Å². The monoisotopic (exact) mass is 771 g/mol. The highest BCUT2D eigenvalue weighted by Gasteiger charge is 2.96. The van der Waals surface area contributed by atoms with Crippen LogP contribution in [0.1, 0.15) is 5.56 Å². The van der Waals surface area contributed by atoms with Crippen molar-refractivity contribution in [3.8, 4) is 0 Å². The highest BCUT2D eigenvalue weighted by atomic mass is 127. The van der Waals surface area contributed by atoms with Crippen molar-refractivity contribution >= 4 is 10.1 Å². The molecule has 0 aromatic heterocycles. The second kappa shape index (κ2) is 10.0. The molecule has 40 heavy (non-hydrogen) atoms. The van der Waals surface area contributed by atoms with Gasteiger partial charge >= 0.3 is 84.9 Å². The zero-order valence-corrected chi connectivity index (χ0v) is 20.4. The Labute approximate surface area is 217 Å². The molecule has 0 amide bonds. The third-order valence-electron chi connectivity index (χ3n) is 4.38. The third-order valence-corrected chi connectivity index (χ3v) is 8.68. The summed E-state index contributed by atoms with van der Waals surface area (Å²) < 4.78 is 287. The van der Waals surface area contributed by atoms with Crippen LogP contribution in [0.3, 0.4) is 0 Å². The Kier molecular flexibility index (Phi) is 9.15. The minimum absolute atomic E-state index is 0.117. The van der Waals surface area contributed by atoms with Crippen molar-refractivity contribution in [1.29, 1.82) is 0 Å². The van der Waals surface area contributed by atoms with E-state index in [-0.39, 0.29) is 24.3 Å². The van der Waals surface area contributed by atoms with E-state index in [1.807, 2.05) is 0 Å². The molecule has 3 nitrogen and oxygen atoms in total. The van der Waals surface area contributed by atoms with Gasteiger partial charge in [0, 0.05) is 0 Å². The zero-order valence-electron chi connectivity index (χ0n) is 17.4. The Morgan fingerprint density at radius 2 is 0.825 bits per heavy atom. The van der Waals surface area contributed by atoms with Crippen LogP contribution in [-0.4, -0.2) is 55.4 Å². The van der Waals surface area contributed by atoms with Gasteiger partial charge in [0.2, 0.25) is 3.57 Å². The maximum Gasteiger partial charge on any atom is 0.540 e. The maximum atomic E-state index is 13.9. The summed E-state index contributed by atoms with van der Waals surface area (Å²) in [5, 5.41) is -7.85. The van der Waals surface area contributed by atoms with Gasteiger partial charge in [-0.05, 0) is 26.8 Å². The number of alkyl halides is 20. The molecule has 0 radical (unpaired) electrons. The molecular weight excluding hydrogens is 767 g/mol. The predicted molar refractivity (Wildman–Crippen MR) is 80.8 cm³/mol. The molecule has 1 rings (SSSR count). The Morgan fingerprint density at radius 1 is 0.500 bits per heavy atom. The Balaban J connectivity index is 3.51. The van der Waals surface area contributed by atoms with Crippen molar-refractivity contribution in [1.82, 2.24) is 0 Å². The average molecular weight is 771 g/mol. The topological polar surface area (TPSA) is 43.4 Å². The normalized spacial score (nSPS) is 15.9. The Morgan fingerprint density at radius 3 is 1.15 bits per heavy atom. The molecule has 0 atom stereocenters. The van der Waals surface area contributed by atoms with E-state index in [1.165, 1.54) is 0 Å². The maximum absolute atomic E-state index is 13.9. The van der Waals surface area contributed by atoms with Crippen LogP contribution >= 0.6 is 0 Å². The highest BCUT2D eigenvalue weighted by molar-refractivity contribution is 7.87. The van der Waals surface area contributed by atoms with Gasteiger partial charge in [-0.1, -0.05) is 0 Å². The first kappa shape index (κ1) is 36.5. The van der Waals surface area contributed by atoms with Gasteiger partial charge in [-0.25, -0.2) is 0 Å². The number of rotatable bonds is 10. The van der Waals surface area contributed by atoms with Crippen molar-refractivity contribution < 1.29 is 120 Å². The first-order chi connectivity index (χ1) is 17.2. The van der Waals surface area contributed by atoms with Gasteiger partial charge in [0.05, 0.1) is 5.56 Å². The summed E-state index contributed by atoms with van der Waals surface area (Å²) in [7, 11) is -7.76. The number of hydrogen-bond acceptors (Lipinski definition) is 3. The van der Waals surface area contributed by atoms with Crippen LogP contribution in [0.4, 0.5) is 87.8 Å².